The average Bonchev–Trinajstić information content (AvgIpc) is 2.22. The van der Waals surface area contributed by atoms with Gasteiger partial charge in [0.25, 0.3) is 0 Å². The maximum Gasteiger partial charge on any atom is 0.223 e. The maximum atomic E-state index is 9.61. The molecule has 0 unspecified atom stereocenters. The molecule has 0 atom stereocenters. The molecule has 0 fully saturated rings. The maximum absolute atomic E-state index is 9.61. The minimum atomic E-state index is -0.795. The molecule has 5 N–H and O–H groups in total. The van der Waals surface area contributed by atoms with Crippen molar-refractivity contribution in [3.8, 4) is 0 Å². The molecule has 6 heteroatoms. The Balaban J connectivity index is 2.68. The lowest BCUT2D eigenvalue weighted by Crippen LogP contribution is -2.29. The molecule has 0 saturated carbocycles. The third kappa shape index (κ3) is 5.35. The Labute approximate surface area is 102 Å². The van der Waals surface area contributed by atoms with Crippen LogP contribution in [0, 0.1) is 0 Å². The van der Waals surface area contributed by atoms with Gasteiger partial charge in [-0.25, -0.2) is 0 Å². The van der Waals surface area contributed by atoms with Gasteiger partial charge in [-0.3, -0.25) is 0 Å². The molecule has 1 aromatic heterocycles. The number of anilines is 3. The predicted octanol–water partition coefficient (Wildman–Crippen LogP) is 1.06. The molecule has 1 heterocycles. The zero-order chi connectivity index (χ0) is 12.9. The smallest absolute Gasteiger partial charge is 0.223 e. The number of rotatable bonds is 6. The van der Waals surface area contributed by atoms with Gasteiger partial charge >= 0.3 is 0 Å². The lowest BCUT2D eigenvalue weighted by molar-refractivity contribution is 0.0944. The lowest BCUT2D eigenvalue weighted by Gasteiger charge is -2.18. The van der Waals surface area contributed by atoms with Gasteiger partial charge in [0.1, 0.15) is 11.6 Å². The third-order valence-corrected chi connectivity index (χ3v) is 2.00. The van der Waals surface area contributed by atoms with Crippen LogP contribution >= 0.6 is 0 Å². The molecule has 0 aliphatic rings. The molecule has 1 rings (SSSR count). The highest BCUT2D eigenvalue weighted by Crippen LogP contribution is 2.13. The van der Waals surface area contributed by atoms with Crippen molar-refractivity contribution in [1.82, 2.24) is 9.97 Å². The third-order valence-electron chi connectivity index (χ3n) is 2.00. The SMILES string of the molecule is CCCNc1cc(NCC(C)(C)O)nc(N)n1. The molecule has 0 aliphatic carbocycles. The Morgan fingerprint density at radius 3 is 2.41 bits per heavy atom. The van der Waals surface area contributed by atoms with Crippen molar-refractivity contribution < 1.29 is 5.11 Å². The van der Waals surface area contributed by atoms with Crippen LogP contribution in [-0.4, -0.2) is 33.8 Å². The molecule has 6 nitrogen and oxygen atoms in total. The van der Waals surface area contributed by atoms with E-state index in [-0.39, 0.29) is 5.95 Å². The van der Waals surface area contributed by atoms with E-state index in [1.165, 1.54) is 0 Å². The van der Waals surface area contributed by atoms with Gasteiger partial charge in [0.15, 0.2) is 0 Å². The summed E-state index contributed by atoms with van der Waals surface area (Å²) >= 11 is 0. The number of nitrogens with zero attached hydrogens (tertiary/aromatic N) is 2. The summed E-state index contributed by atoms with van der Waals surface area (Å²) < 4.78 is 0. The standard InChI is InChI=1S/C11H21N5O/c1-4-5-13-8-6-9(16-10(12)15-8)14-7-11(2,3)17/h6,17H,4-5,7H2,1-3H3,(H4,12,13,14,15,16). The monoisotopic (exact) mass is 239 g/mol. The highest BCUT2D eigenvalue weighted by molar-refractivity contribution is 5.51. The summed E-state index contributed by atoms with van der Waals surface area (Å²) in [7, 11) is 0. The molecule has 0 spiro atoms. The topological polar surface area (TPSA) is 96.1 Å². The molecule has 17 heavy (non-hydrogen) atoms. The molecular weight excluding hydrogens is 218 g/mol. The Bertz CT molecular complexity index is 361. The fraction of sp³-hybridized carbons (Fsp3) is 0.636. The van der Waals surface area contributed by atoms with Gasteiger partial charge in [0, 0.05) is 19.2 Å². The molecule has 0 amide bonds. The lowest BCUT2D eigenvalue weighted by atomic mass is 10.1. The minimum Gasteiger partial charge on any atom is -0.389 e. The first-order valence-corrected chi connectivity index (χ1v) is 5.75. The molecule has 0 aromatic carbocycles. The summed E-state index contributed by atoms with van der Waals surface area (Å²) in [5.74, 6) is 1.51. The molecule has 0 saturated heterocycles. The van der Waals surface area contributed by atoms with Crippen molar-refractivity contribution >= 4 is 17.6 Å². The van der Waals surface area contributed by atoms with Gasteiger partial charge in [-0.1, -0.05) is 6.92 Å². The number of hydrogen-bond acceptors (Lipinski definition) is 6. The molecular formula is C11H21N5O. The first-order valence-electron chi connectivity index (χ1n) is 5.75. The largest absolute Gasteiger partial charge is 0.389 e. The number of nitrogens with one attached hydrogen (secondary N) is 2. The van der Waals surface area contributed by atoms with Crippen molar-refractivity contribution in [3.05, 3.63) is 6.07 Å². The summed E-state index contributed by atoms with van der Waals surface area (Å²) in [6, 6.07) is 1.78. The van der Waals surface area contributed by atoms with Crippen LogP contribution in [0.25, 0.3) is 0 Å². The van der Waals surface area contributed by atoms with E-state index in [4.69, 9.17) is 5.73 Å². The van der Waals surface area contributed by atoms with E-state index >= 15 is 0 Å². The van der Waals surface area contributed by atoms with Crippen LogP contribution in [0.15, 0.2) is 6.07 Å². The van der Waals surface area contributed by atoms with Crippen molar-refractivity contribution in [3.63, 3.8) is 0 Å². The van der Waals surface area contributed by atoms with Gasteiger partial charge in [0.05, 0.1) is 5.60 Å². The number of aliphatic hydroxyl groups is 1. The second-order valence-corrected chi connectivity index (χ2v) is 4.59. The molecule has 1 aromatic rings. The Hall–Kier alpha value is -1.56. The summed E-state index contributed by atoms with van der Waals surface area (Å²) in [6.07, 6.45) is 1.01. The van der Waals surface area contributed by atoms with E-state index in [1.54, 1.807) is 19.9 Å². The summed E-state index contributed by atoms with van der Waals surface area (Å²) in [5, 5.41) is 15.8. The first kappa shape index (κ1) is 13.5. The van der Waals surface area contributed by atoms with Gasteiger partial charge < -0.3 is 21.5 Å². The second-order valence-electron chi connectivity index (χ2n) is 4.59. The second kappa shape index (κ2) is 5.67. The van der Waals surface area contributed by atoms with E-state index in [1.807, 2.05) is 0 Å². The first-order chi connectivity index (χ1) is 7.90. The molecule has 0 radical (unpaired) electrons. The molecule has 0 aliphatic heterocycles. The van der Waals surface area contributed by atoms with Gasteiger partial charge in [-0.05, 0) is 20.3 Å². The van der Waals surface area contributed by atoms with E-state index in [2.05, 4.69) is 27.5 Å². The van der Waals surface area contributed by atoms with Crippen LogP contribution in [-0.2, 0) is 0 Å². The quantitative estimate of drug-likeness (QED) is 0.593. The van der Waals surface area contributed by atoms with Crippen molar-refractivity contribution in [2.45, 2.75) is 32.8 Å². The molecule has 0 bridgehead atoms. The van der Waals surface area contributed by atoms with E-state index in [0.717, 1.165) is 13.0 Å². The van der Waals surface area contributed by atoms with E-state index in [9.17, 15) is 5.11 Å². The van der Waals surface area contributed by atoms with Crippen molar-refractivity contribution in [2.24, 2.45) is 0 Å². The average molecular weight is 239 g/mol. The Morgan fingerprint density at radius 2 is 1.88 bits per heavy atom. The van der Waals surface area contributed by atoms with E-state index < -0.39 is 5.60 Å². The summed E-state index contributed by atoms with van der Waals surface area (Å²) in [6.45, 7) is 6.75. The Morgan fingerprint density at radius 1 is 1.29 bits per heavy atom. The van der Waals surface area contributed by atoms with Crippen LogP contribution in [0.5, 0.6) is 0 Å². The fourth-order valence-corrected chi connectivity index (χ4v) is 1.21. The van der Waals surface area contributed by atoms with Gasteiger partial charge in [0.2, 0.25) is 5.95 Å². The van der Waals surface area contributed by atoms with Crippen molar-refractivity contribution in [1.29, 1.82) is 0 Å². The summed E-state index contributed by atoms with van der Waals surface area (Å²) in [4.78, 5) is 8.12. The Kier molecular flexibility index (Phi) is 4.51. The zero-order valence-electron chi connectivity index (χ0n) is 10.6. The molecule has 96 valence electrons. The van der Waals surface area contributed by atoms with Crippen LogP contribution in [0.2, 0.25) is 0 Å². The van der Waals surface area contributed by atoms with Crippen LogP contribution < -0.4 is 16.4 Å². The highest BCUT2D eigenvalue weighted by atomic mass is 16.3. The summed E-state index contributed by atoms with van der Waals surface area (Å²) in [5.41, 5.74) is 4.81. The van der Waals surface area contributed by atoms with Crippen LogP contribution in [0.1, 0.15) is 27.2 Å². The fourth-order valence-electron chi connectivity index (χ4n) is 1.21. The van der Waals surface area contributed by atoms with E-state index in [0.29, 0.717) is 18.2 Å². The normalized spacial score (nSPS) is 11.3. The number of hydrogen-bond donors (Lipinski definition) is 4. The minimum absolute atomic E-state index is 0.212. The van der Waals surface area contributed by atoms with Crippen molar-refractivity contribution in [2.75, 3.05) is 29.5 Å². The number of nitrogens with two attached hydrogens (primary N) is 1. The van der Waals surface area contributed by atoms with Gasteiger partial charge in [-0.2, -0.15) is 9.97 Å². The highest BCUT2D eigenvalue weighted by Gasteiger charge is 2.12. The number of aromatic nitrogens is 2. The predicted molar refractivity (Wildman–Crippen MR) is 70.0 cm³/mol. The zero-order valence-corrected chi connectivity index (χ0v) is 10.6. The van der Waals surface area contributed by atoms with Crippen LogP contribution in [0.4, 0.5) is 17.6 Å². The van der Waals surface area contributed by atoms with Crippen LogP contribution in [0.3, 0.4) is 0 Å². The number of nitrogen functional groups attached to an aromatic ring is 1. The van der Waals surface area contributed by atoms with Gasteiger partial charge in [-0.15, -0.1) is 0 Å².